The van der Waals surface area contributed by atoms with Crippen LogP contribution in [-0.2, 0) is 0 Å². The largest absolute Gasteiger partial charge is 0.357 e. The van der Waals surface area contributed by atoms with Gasteiger partial charge in [0.25, 0.3) is 0 Å². The lowest BCUT2D eigenvalue weighted by Crippen LogP contribution is -2.22. The van der Waals surface area contributed by atoms with Crippen molar-refractivity contribution in [1.82, 2.24) is 15.0 Å². The van der Waals surface area contributed by atoms with Gasteiger partial charge >= 0.3 is 0 Å². The number of rotatable bonds is 4. The standard InChI is InChI=1S/C14H26N6/c1-10-6-5-7-11(9-8-10)16-13-17-12(15-2)18-14(19-13)20(3)4/h10-11H,5-9H2,1-4H3,(H2,15,16,17,18,19). The van der Waals surface area contributed by atoms with Crippen LogP contribution in [0.3, 0.4) is 0 Å². The van der Waals surface area contributed by atoms with Gasteiger partial charge in [-0.05, 0) is 25.2 Å². The molecule has 0 aliphatic heterocycles. The third-order valence-corrected chi connectivity index (χ3v) is 3.84. The van der Waals surface area contributed by atoms with Gasteiger partial charge in [0, 0.05) is 27.2 Å². The van der Waals surface area contributed by atoms with Crippen LogP contribution in [-0.4, -0.2) is 42.1 Å². The quantitative estimate of drug-likeness (QED) is 0.824. The summed E-state index contributed by atoms with van der Waals surface area (Å²) in [5.41, 5.74) is 0. The van der Waals surface area contributed by atoms with Gasteiger partial charge in [0.15, 0.2) is 0 Å². The van der Waals surface area contributed by atoms with Crippen LogP contribution in [0, 0.1) is 5.92 Å². The highest BCUT2D eigenvalue weighted by molar-refractivity contribution is 5.43. The molecule has 1 aromatic heterocycles. The average molecular weight is 278 g/mol. The molecule has 0 radical (unpaired) electrons. The number of nitrogens with one attached hydrogen (secondary N) is 2. The Morgan fingerprint density at radius 1 is 1.00 bits per heavy atom. The molecule has 0 amide bonds. The Morgan fingerprint density at radius 2 is 1.75 bits per heavy atom. The fourth-order valence-corrected chi connectivity index (χ4v) is 2.56. The highest BCUT2D eigenvalue weighted by Gasteiger charge is 2.17. The summed E-state index contributed by atoms with van der Waals surface area (Å²) in [6.07, 6.45) is 6.28. The van der Waals surface area contributed by atoms with Crippen molar-refractivity contribution in [2.75, 3.05) is 36.7 Å². The second-order valence-electron chi connectivity index (χ2n) is 5.88. The normalized spacial score (nSPS) is 23.0. The number of anilines is 3. The lowest BCUT2D eigenvalue weighted by molar-refractivity contribution is 0.501. The minimum absolute atomic E-state index is 0.474. The molecule has 1 aliphatic rings. The van der Waals surface area contributed by atoms with Crippen LogP contribution >= 0.6 is 0 Å². The van der Waals surface area contributed by atoms with Crippen LogP contribution in [0.2, 0.25) is 0 Å². The van der Waals surface area contributed by atoms with Gasteiger partial charge < -0.3 is 15.5 Å². The molecule has 6 heteroatoms. The maximum atomic E-state index is 4.48. The number of hydrogen-bond acceptors (Lipinski definition) is 6. The molecule has 2 N–H and O–H groups in total. The Bertz CT molecular complexity index is 434. The molecule has 2 unspecified atom stereocenters. The number of aromatic nitrogens is 3. The molecule has 6 nitrogen and oxygen atoms in total. The molecule has 1 aliphatic carbocycles. The van der Waals surface area contributed by atoms with E-state index in [4.69, 9.17) is 0 Å². The molecule has 20 heavy (non-hydrogen) atoms. The van der Waals surface area contributed by atoms with Gasteiger partial charge in [-0.15, -0.1) is 0 Å². The first-order valence-electron chi connectivity index (χ1n) is 7.46. The van der Waals surface area contributed by atoms with E-state index in [1.165, 1.54) is 32.1 Å². The average Bonchev–Trinajstić information content (AvgIpc) is 2.63. The van der Waals surface area contributed by atoms with Crippen LogP contribution < -0.4 is 15.5 Å². The predicted octanol–water partition coefficient (Wildman–Crippen LogP) is 2.36. The molecule has 0 bridgehead atoms. The van der Waals surface area contributed by atoms with Gasteiger partial charge in [-0.25, -0.2) is 0 Å². The van der Waals surface area contributed by atoms with Gasteiger partial charge in [-0.1, -0.05) is 19.8 Å². The lowest BCUT2D eigenvalue weighted by atomic mass is 10.0. The second-order valence-corrected chi connectivity index (χ2v) is 5.88. The van der Waals surface area contributed by atoms with Crippen molar-refractivity contribution in [2.24, 2.45) is 5.92 Å². The van der Waals surface area contributed by atoms with E-state index in [-0.39, 0.29) is 0 Å². The van der Waals surface area contributed by atoms with Gasteiger partial charge in [-0.3, -0.25) is 0 Å². The van der Waals surface area contributed by atoms with Crippen molar-refractivity contribution in [2.45, 2.75) is 45.1 Å². The fourth-order valence-electron chi connectivity index (χ4n) is 2.56. The first-order valence-corrected chi connectivity index (χ1v) is 7.46. The van der Waals surface area contributed by atoms with Crippen molar-refractivity contribution in [3.8, 4) is 0 Å². The summed E-state index contributed by atoms with van der Waals surface area (Å²) in [6.45, 7) is 2.34. The molecule has 1 aromatic rings. The Morgan fingerprint density at radius 3 is 2.45 bits per heavy atom. The Labute approximate surface area is 121 Å². The molecular weight excluding hydrogens is 252 g/mol. The first-order chi connectivity index (χ1) is 9.58. The molecular formula is C14H26N6. The van der Waals surface area contributed by atoms with E-state index in [1.807, 2.05) is 26.0 Å². The summed E-state index contributed by atoms with van der Waals surface area (Å²) in [5.74, 6) is 2.79. The van der Waals surface area contributed by atoms with Crippen LogP contribution in [0.15, 0.2) is 0 Å². The molecule has 2 rings (SSSR count). The maximum Gasteiger partial charge on any atom is 0.231 e. The summed E-state index contributed by atoms with van der Waals surface area (Å²) >= 11 is 0. The van der Waals surface area contributed by atoms with E-state index in [1.54, 1.807) is 0 Å². The van der Waals surface area contributed by atoms with E-state index in [9.17, 15) is 0 Å². The zero-order chi connectivity index (χ0) is 14.5. The van der Waals surface area contributed by atoms with E-state index in [0.29, 0.717) is 23.9 Å². The molecule has 1 saturated carbocycles. The third kappa shape index (κ3) is 3.95. The van der Waals surface area contributed by atoms with Crippen LogP contribution in [0.5, 0.6) is 0 Å². The molecule has 1 fully saturated rings. The van der Waals surface area contributed by atoms with Crippen molar-refractivity contribution < 1.29 is 0 Å². The van der Waals surface area contributed by atoms with Crippen molar-refractivity contribution >= 4 is 17.8 Å². The summed E-state index contributed by atoms with van der Waals surface area (Å²) in [6, 6.07) is 0.474. The molecule has 0 aromatic carbocycles. The first kappa shape index (κ1) is 14.8. The SMILES string of the molecule is CNc1nc(NC2CCCC(C)CC2)nc(N(C)C)n1. The highest BCUT2D eigenvalue weighted by atomic mass is 15.3. The summed E-state index contributed by atoms with van der Waals surface area (Å²) in [5, 5.41) is 6.47. The van der Waals surface area contributed by atoms with Crippen molar-refractivity contribution in [3.05, 3.63) is 0 Å². The fraction of sp³-hybridized carbons (Fsp3) is 0.786. The minimum Gasteiger partial charge on any atom is -0.357 e. The minimum atomic E-state index is 0.474. The van der Waals surface area contributed by atoms with E-state index >= 15 is 0 Å². The van der Waals surface area contributed by atoms with Crippen molar-refractivity contribution in [1.29, 1.82) is 0 Å². The van der Waals surface area contributed by atoms with E-state index in [0.717, 1.165) is 5.92 Å². The van der Waals surface area contributed by atoms with E-state index in [2.05, 4.69) is 32.5 Å². The van der Waals surface area contributed by atoms with Crippen LogP contribution in [0.4, 0.5) is 17.8 Å². The summed E-state index contributed by atoms with van der Waals surface area (Å²) in [7, 11) is 5.70. The van der Waals surface area contributed by atoms with Crippen LogP contribution in [0.1, 0.15) is 39.0 Å². The monoisotopic (exact) mass is 278 g/mol. The zero-order valence-electron chi connectivity index (χ0n) is 13.0. The smallest absolute Gasteiger partial charge is 0.231 e. The summed E-state index contributed by atoms with van der Waals surface area (Å²) in [4.78, 5) is 15.1. The summed E-state index contributed by atoms with van der Waals surface area (Å²) < 4.78 is 0. The van der Waals surface area contributed by atoms with Gasteiger partial charge in [0.2, 0.25) is 17.8 Å². The Kier molecular flexibility index (Phi) is 4.98. The van der Waals surface area contributed by atoms with Gasteiger partial charge in [0.05, 0.1) is 0 Å². The molecule has 2 atom stereocenters. The Balaban J connectivity index is 2.09. The predicted molar refractivity (Wildman–Crippen MR) is 83.4 cm³/mol. The lowest BCUT2D eigenvalue weighted by Gasteiger charge is -2.18. The third-order valence-electron chi connectivity index (χ3n) is 3.84. The molecule has 1 heterocycles. The molecule has 112 valence electrons. The second kappa shape index (κ2) is 6.72. The zero-order valence-corrected chi connectivity index (χ0v) is 13.0. The van der Waals surface area contributed by atoms with Crippen LogP contribution in [0.25, 0.3) is 0 Å². The Hall–Kier alpha value is -1.59. The number of hydrogen-bond donors (Lipinski definition) is 2. The van der Waals surface area contributed by atoms with Crippen molar-refractivity contribution in [3.63, 3.8) is 0 Å². The maximum absolute atomic E-state index is 4.48. The number of nitrogens with zero attached hydrogens (tertiary/aromatic N) is 4. The molecule has 0 saturated heterocycles. The topological polar surface area (TPSA) is 66.0 Å². The highest BCUT2D eigenvalue weighted by Crippen LogP contribution is 2.24. The van der Waals surface area contributed by atoms with E-state index < -0.39 is 0 Å². The van der Waals surface area contributed by atoms with Gasteiger partial charge in [0.1, 0.15) is 0 Å². The van der Waals surface area contributed by atoms with Gasteiger partial charge in [-0.2, -0.15) is 15.0 Å². The molecule has 0 spiro atoms.